The van der Waals surface area contributed by atoms with E-state index in [1.807, 2.05) is 4.80 Å². The van der Waals surface area contributed by atoms with Crippen LogP contribution < -0.4 is 9.80 Å². The van der Waals surface area contributed by atoms with Crippen LogP contribution in [0.2, 0.25) is 0 Å². The van der Waals surface area contributed by atoms with E-state index in [0.717, 1.165) is 114 Å². The average molecular weight is 864 g/mol. The second-order valence-corrected chi connectivity index (χ2v) is 18.1. The highest BCUT2D eigenvalue weighted by atomic mass is 15.5. The van der Waals surface area contributed by atoms with E-state index in [4.69, 9.17) is 20.2 Å². The Morgan fingerprint density at radius 2 is 0.761 bits per heavy atom. The number of hydrogen-bond donors (Lipinski definition) is 0. The number of benzene rings is 9. The molecular weight excluding hydrogens is 819 g/mol. The zero-order chi connectivity index (χ0) is 44.6. The Morgan fingerprint density at radius 1 is 0.403 bits per heavy atom. The molecule has 2 aliphatic rings. The predicted octanol–water partition coefficient (Wildman–Crippen LogP) is 15.2. The van der Waals surface area contributed by atoms with Gasteiger partial charge in [0.05, 0.1) is 17.9 Å². The number of aryl methyl sites for hydroxylation is 2. The van der Waals surface area contributed by atoms with Gasteiger partial charge in [0.25, 0.3) is 0 Å². The molecule has 0 saturated carbocycles. The molecule has 2 heterocycles. The van der Waals surface area contributed by atoms with E-state index in [0.29, 0.717) is 12.5 Å². The van der Waals surface area contributed by atoms with Crippen molar-refractivity contribution < 1.29 is 0 Å². The number of anilines is 6. The summed E-state index contributed by atoms with van der Waals surface area (Å²) in [6.07, 6.45) is 2.13. The third-order valence-corrected chi connectivity index (χ3v) is 13.4. The molecule has 0 spiro atoms. The first-order valence-electron chi connectivity index (χ1n) is 23.3. The Hall–Kier alpha value is -8.42. The second kappa shape index (κ2) is 15.6. The Balaban J connectivity index is 1.05. The van der Waals surface area contributed by atoms with Gasteiger partial charge in [-0.2, -0.15) is 15.0 Å². The summed E-state index contributed by atoms with van der Waals surface area (Å²) < 4.78 is 0. The number of hydrogen-bond acceptors (Lipinski definition) is 6. The monoisotopic (exact) mass is 863 g/mol. The van der Waals surface area contributed by atoms with E-state index in [1.165, 1.54) is 21.9 Å². The first-order chi connectivity index (χ1) is 33.1. The summed E-state index contributed by atoms with van der Waals surface area (Å²) >= 11 is 0. The van der Waals surface area contributed by atoms with Gasteiger partial charge in [0.15, 0.2) is 0 Å². The van der Waals surface area contributed by atoms with Crippen molar-refractivity contribution in [3.8, 4) is 44.8 Å². The second-order valence-electron chi connectivity index (χ2n) is 18.1. The molecule has 0 saturated heterocycles. The van der Waals surface area contributed by atoms with Crippen molar-refractivity contribution in [2.75, 3.05) is 9.80 Å². The van der Waals surface area contributed by atoms with E-state index in [-0.39, 0.29) is 0 Å². The molecule has 0 N–H and O–H groups in total. The highest BCUT2D eigenvalue weighted by Crippen LogP contribution is 2.52. The number of nitrogens with zero attached hydrogens (tertiary/aromatic N) is 7. The number of para-hydroxylation sites is 4. The molecule has 11 aromatic rings. The normalized spacial score (nSPS) is 12.4. The first-order valence-corrected chi connectivity index (χ1v) is 23.3. The molecule has 0 fully saturated rings. The molecule has 2 aliphatic carbocycles. The molecule has 7 heteroatoms. The molecular formula is C60H45N7. The van der Waals surface area contributed by atoms with E-state index >= 15 is 0 Å². The van der Waals surface area contributed by atoms with Crippen LogP contribution in [0.15, 0.2) is 194 Å². The summed E-state index contributed by atoms with van der Waals surface area (Å²) in [6, 6.07) is 69.0. The maximum Gasteiger partial charge on any atom is 0.124 e. The minimum absolute atomic E-state index is 0.333. The topological polar surface area (TPSA) is 63.0 Å². The van der Waals surface area contributed by atoms with Gasteiger partial charge >= 0.3 is 0 Å². The van der Waals surface area contributed by atoms with E-state index in [2.05, 4.69) is 218 Å². The molecule has 0 radical (unpaired) electrons. The Morgan fingerprint density at radius 3 is 1.12 bits per heavy atom. The standard InChI is InChI=1S/C60H45N7/c1-38(2)37-65-63-59-52(41-25-31-47(32-26-41)66(43-15-7-3-8-16-43)44-17-9-4-10-18-44)57-58(62-56-50-36-30-40-24-23-39-29-35-49(55(56)61-57)54(50)51(39)40)53(60(59)64-65)42-27-33-48(34-28-42)67(45-19-11-5-12-20-45)46-21-13-6-14-22-46/h3-22,25-36,38H,23-24,37H2,1-2H3. The lowest BCUT2D eigenvalue weighted by Crippen LogP contribution is -2.09. The molecule has 67 heavy (non-hydrogen) atoms. The first kappa shape index (κ1) is 39.0. The summed E-state index contributed by atoms with van der Waals surface area (Å²) in [5, 5.41) is 13.4. The van der Waals surface area contributed by atoms with Gasteiger partial charge in [-0.3, -0.25) is 0 Å². The molecule has 0 amide bonds. The van der Waals surface area contributed by atoms with Crippen LogP contribution >= 0.6 is 0 Å². The quantitative estimate of drug-likeness (QED) is 0.136. The van der Waals surface area contributed by atoms with Gasteiger partial charge in [-0.05, 0) is 119 Å². The fourth-order valence-corrected chi connectivity index (χ4v) is 10.5. The number of rotatable bonds is 10. The highest BCUT2D eigenvalue weighted by Gasteiger charge is 2.32. The van der Waals surface area contributed by atoms with Crippen LogP contribution in [0.5, 0.6) is 0 Å². The lowest BCUT2D eigenvalue weighted by Gasteiger charge is -2.25. The lowest BCUT2D eigenvalue weighted by atomic mass is 9.94. The summed E-state index contributed by atoms with van der Waals surface area (Å²) in [6.45, 7) is 5.09. The Kier molecular flexibility index (Phi) is 9.10. The third kappa shape index (κ3) is 6.41. The Bertz CT molecular complexity index is 3350. The van der Waals surface area contributed by atoms with Crippen LogP contribution in [0.4, 0.5) is 34.1 Å². The van der Waals surface area contributed by atoms with Crippen LogP contribution in [-0.4, -0.2) is 25.0 Å². The van der Waals surface area contributed by atoms with Crippen molar-refractivity contribution in [3.63, 3.8) is 0 Å². The largest absolute Gasteiger partial charge is 0.311 e. The molecule has 9 aromatic carbocycles. The molecule has 320 valence electrons. The van der Waals surface area contributed by atoms with Gasteiger partial charge in [0.1, 0.15) is 22.1 Å². The van der Waals surface area contributed by atoms with Crippen molar-refractivity contribution in [2.45, 2.75) is 33.2 Å². The van der Waals surface area contributed by atoms with Crippen LogP contribution in [0.25, 0.3) is 77.6 Å². The zero-order valence-corrected chi connectivity index (χ0v) is 37.3. The molecule has 0 unspecified atom stereocenters. The highest BCUT2D eigenvalue weighted by molar-refractivity contribution is 6.21. The summed E-state index contributed by atoms with van der Waals surface area (Å²) in [4.78, 5) is 18.0. The molecule has 7 nitrogen and oxygen atoms in total. The average Bonchev–Trinajstić information content (AvgIpc) is 4.08. The zero-order valence-electron chi connectivity index (χ0n) is 37.3. The smallest absolute Gasteiger partial charge is 0.124 e. The Labute approximate surface area is 389 Å². The van der Waals surface area contributed by atoms with E-state index in [9.17, 15) is 0 Å². The van der Waals surface area contributed by atoms with Crippen molar-refractivity contribution >= 4 is 67.0 Å². The fourth-order valence-electron chi connectivity index (χ4n) is 10.5. The minimum atomic E-state index is 0.333. The number of fused-ring (bicyclic) bond motifs is 5. The van der Waals surface area contributed by atoms with Crippen LogP contribution in [0.1, 0.15) is 25.0 Å². The molecule has 0 aliphatic heterocycles. The van der Waals surface area contributed by atoms with Crippen molar-refractivity contribution in [1.29, 1.82) is 0 Å². The van der Waals surface area contributed by atoms with Gasteiger partial charge in [0.2, 0.25) is 0 Å². The SMILES string of the molecule is CC(C)Cn1nc2c(-c3ccc(N(c4ccccc4)c4ccccc4)cc3)c3nc4c(nc3c(-c3ccc(N(c5ccccc5)c5ccccc5)cc3)c2n1)-c1ccc2c3c(ccc-4c13)CC2. The van der Waals surface area contributed by atoms with E-state index < -0.39 is 0 Å². The minimum Gasteiger partial charge on any atom is -0.311 e. The van der Waals surface area contributed by atoms with Gasteiger partial charge in [-0.1, -0.05) is 135 Å². The van der Waals surface area contributed by atoms with Crippen LogP contribution in [0, 0.1) is 5.92 Å². The van der Waals surface area contributed by atoms with Crippen LogP contribution in [0.3, 0.4) is 0 Å². The summed E-state index contributed by atoms with van der Waals surface area (Å²) in [5.74, 6) is 0.333. The van der Waals surface area contributed by atoms with Gasteiger partial charge in [-0.25, -0.2) is 9.97 Å². The fraction of sp³-hybridized carbons (Fsp3) is 0.100. The van der Waals surface area contributed by atoms with Crippen molar-refractivity contribution in [1.82, 2.24) is 25.0 Å². The molecule has 13 rings (SSSR count). The van der Waals surface area contributed by atoms with Gasteiger partial charge in [-0.15, -0.1) is 0 Å². The lowest BCUT2D eigenvalue weighted by molar-refractivity contribution is 0.442. The summed E-state index contributed by atoms with van der Waals surface area (Å²) in [7, 11) is 0. The molecule has 2 aromatic heterocycles. The van der Waals surface area contributed by atoms with Gasteiger partial charge < -0.3 is 9.80 Å². The van der Waals surface area contributed by atoms with Crippen molar-refractivity contribution in [3.05, 3.63) is 205 Å². The molecule has 0 bridgehead atoms. The maximum absolute atomic E-state index is 5.78. The predicted molar refractivity (Wildman–Crippen MR) is 275 cm³/mol. The third-order valence-electron chi connectivity index (χ3n) is 13.4. The van der Waals surface area contributed by atoms with E-state index in [1.54, 1.807) is 0 Å². The molecule has 0 atom stereocenters. The summed E-state index contributed by atoms with van der Waals surface area (Å²) in [5.41, 5.74) is 20.5. The van der Waals surface area contributed by atoms with Crippen LogP contribution in [-0.2, 0) is 19.4 Å². The van der Waals surface area contributed by atoms with Crippen molar-refractivity contribution in [2.24, 2.45) is 5.92 Å². The number of aromatic nitrogens is 5. The maximum atomic E-state index is 5.78. The van der Waals surface area contributed by atoms with Gasteiger partial charge in [0, 0.05) is 61.8 Å².